The fraction of sp³-hybridized carbons (Fsp3) is 0.389. The van der Waals surface area contributed by atoms with Gasteiger partial charge in [0.25, 0.3) is 0 Å². The highest BCUT2D eigenvalue weighted by molar-refractivity contribution is 7.88. The SMILES string of the molecule is CC(C)COc1ccccc1NC(=O)CC(=O)Nc1nc(CNS(C)(=O)=O)c(Cl)s1. The number of amides is 2. The van der Waals surface area contributed by atoms with Crippen LogP contribution in [0.1, 0.15) is 26.0 Å². The highest BCUT2D eigenvalue weighted by Gasteiger charge is 2.16. The molecule has 0 aliphatic carbocycles. The number of nitrogens with one attached hydrogen (secondary N) is 3. The Morgan fingerprint density at radius 3 is 2.53 bits per heavy atom. The van der Waals surface area contributed by atoms with Crippen LogP contribution in [0, 0.1) is 5.92 Å². The number of carbonyl (C=O) groups is 2. The first-order chi connectivity index (χ1) is 14.0. The maximum absolute atomic E-state index is 12.2. The topological polar surface area (TPSA) is 126 Å². The van der Waals surface area contributed by atoms with Crippen LogP contribution >= 0.6 is 22.9 Å². The number of ether oxygens (including phenoxy) is 1. The van der Waals surface area contributed by atoms with Crippen molar-refractivity contribution in [2.75, 3.05) is 23.5 Å². The van der Waals surface area contributed by atoms with Crippen LogP contribution < -0.4 is 20.1 Å². The summed E-state index contributed by atoms with van der Waals surface area (Å²) >= 11 is 6.99. The Hall–Kier alpha value is -2.21. The Morgan fingerprint density at radius 1 is 1.20 bits per heavy atom. The summed E-state index contributed by atoms with van der Waals surface area (Å²) in [6, 6.07) is 6.97. The number of sulfonamides is 1. The summed E-state index contributed by atoms with van der Waals surface area (Å²) in [7, 11) is -3.41. The third kappa shape index (κ3) is 8.27. The fourth-order valence-electron chi connectivity index (χ4n) is 2.15. The van der Waals surface area contributed by atoms with Gasteiger partial charge in [0.2, 0.25) is 21.8 Å². The zero-order chi connectivity index (χ0) is 22.3. The number of aromatic nitrogens is 1. The van der Waals surface area contributed by atoms with E-state index >= 15 is 0 Å². The number of carbonyl (C=O) groups excluding carboxylic acids is 2. The van der Waals surface area contributed by atoms with E-state index in [2.05, 4.69) is 20.3 Å². The van der Waals surface area contributed by atoms with Gasteiger partial charge in [-0.3, -0.25) is 9.59 Å². The molecule has 0 unspecified atom stereocenters. The standard InChI is InChI=1S/C18H23ClN4O5S2/c1-11(2)10-28-14-7-5-4-6-12(14)21-15(24)8-16(25)23-18-22-13(17(19)29-18)9-20-30(3,26)27/h4-7,11,20H,8-10H2,1-3H3,(H,21,24)(H,22,23,25). The van der Waals surface area contributed by atoms with Gasteiger partial charge in [-0.15, -0.1) is 0 Å². The van der Waals surface area contributed by atoms with E-state index in [-0.39, 0.29) is 21.7 Å². The summed E-state index contributed by atoms with van der Waals surface area (Å²) < 4.78 is 30.5. The molecule has 3 N–H and O–H groups in total. The van der Waals surface area contributed by atoms with Gasteiger partial charge in [0, 0.05) is 0 Å². The van der Waals surface area contributed by atoms with E-state index < -0.39 is 28.3 Å². The van der Waals surface area contributed by atoms with Crippen molar-refractivity contribution in [1.82, 2.24) is 9.71 Å². The fourth-order valence-corrected chi connectivity index (χ4v) is 3.60. The van der Waals surface area contributed by atoms with E-state index in [9.17, 15) is 18.0 Å². The molecular formula is C18H23ClN4O5S2. The van der Waals surface area contributed by atoms with Crippen LogP contribution in [0.4, 0.5) is 10.8 Å². The molecule has 0 spiro atoms. The molecule has 0 saturated carbocycles. The predicted octanol–water partition coefficient (Wildman–Crippen LogP) is 2.85. The molecule has 2 amide bonds. The number of halogens is 1. The molecule has 12 heteroatoms. The third-order valence-corrected chi connectivity index (χ3v) is 5.37. The van der Waals surface area contributed by atoms with E-state index in [0.717, 1.165) is 17.6 Å². The number of rotatable bonds is 10. The number of para-hydroxylation sites is 2. The van der Waals surface area contributed by atoms with Crippen LogP contribution in [-0.2, 0) is 26.2 Å². The second kappa shape index (κ2) is 10.7. The normalized spacial score (nSPS) is 11.4. The number of hydrogen-bond donors (Lipinski definition) is 3. The van der Waals surface area contributed by atoms with Gasteiger partial charge in [0.05, 0.1) is 30.8 Å². The quantitative estimate of drug-likeness (QED) is 0.454. The molecule has 2 rings (SSSR count). The molecule has 0 aliphatic rings. The molecule has 1 aromatic carbocycles. The average Bonchev–Trinajstić information content (AvgIpc) is 2.97. The molecule has 0 saturated heterocycles. The van der Waals surface area contributed by atoms with Crippen molar-refractivity contribution in [2.24, 2.45) is 5.92 Å². The summed E-state index contributed by atoms with van der Waals surface area (Å²) in [5, 5.41) is 5.32. The van der Waals surface area contributed by atoms with Gasteiger partial charge in [-0.05, 0) is 18.1 Å². The molecular weight excluding hydrogens is 452 g/mol. The summed E-state index contributed by atoms with van der Waals surface area (Å²) in [6.45, 7) is 4.42. The van der Waals surface area contributed by atoms with E-state index in [1.807, 2.05) is 13.8 Å². The smallest absolute Gasteiger partial charge is 0.235 e. The van der Waals surface area contributed by atoms with E-state index in [1.54, 1.807) is 24.3 Å². The molecule has 0 aliphatic heterocycles. The number of benzene rings is 1. The summed E-state index contributed by atoms with van der Waals surface area (Å²) in [6.07, 6.45) is 0.577. The molecule has 9 nitrogen and oxygen atoms in total. The second-order valence-corrected chi connectivity index (χ2v) is 10.2. The average molecular weight is 475 g/mol. The largest absolute Gasteiger partial charge is 0.491 e. The molecule has 2 aromatic rings. The lowest BCUT2D eigenvalue weighted by Crippen LogP contribution is -2.22. The van der Waals surface area contributed by atoms with Crippen molar-refractivity contribution in [2.45, 2.75) is 26.8 Å². The van der Waals surface area contributed by atoms with Crippen LogP contribution in [0.3, 0.4) is 0 Å². The first-order valence-corrected chi connectivity index (χ1v) is 12.0. The third-order valence-electron chi connectivity index (χ3n) is 3.45. The maximum Gasteiger partial charge on any atom is 0.235 e. The van der Waals surface area contributed by atoms with Crippen molar-refractivity contribution >= 4 is 55.6 Å². The van der Waals surface area contributed by atoms with Crippen molar-refractivity contribution in [1.29, 1.82) is 0 Å². The Balaban J connectivity index is 1.92. The lowest BCUT2D eigenvalue weighted by molar-refractivity contribution is -0.123. The first kappa shape index (κ1) is 24.1. The van der Waals surface area contributed by atoms with Gasteiger partial charge in [-0.25, -0.2) is 18.1 Å². The van der Waals surface area contributed by atoms with E-state index in [0.29, 0.717) is 24.0 Å². The van der Waals surface area contributed by atoms with Gasteiger partial charge in [0.15, 0.2) is 5.13 Å². The molecule has 1 aromatic heterocycles. The van der Waals surface area contributed by atoms with Crippen LogP contribution in [0.2, 0.25) is 4.34 Å². The predicted molar refractivity (Wildman–Crippen MR) is 117 cm³/mol. The second-order valence-electron chi connectivity index (χ2n) is 6.81. The number of nitrogens with zero attached hydrogens (tertiary/aromatic N) is 1. The maximum atomic E-state index is 12.2. The Bertz CT molecular complexity index is 1010. The monoisotopic (exact) mass is 474 g/mol. The lowest BCUT2D eigenvalue weighted by Gasteiger charge is -2.13. The molecule has 0 fully saturated rings. The minimum atomic E-state index is -3.41. The Morgan fingerprint density at radius 2 is 1.87 bits per heavy atom. The summed E-state index contributed by atoms with van der Waals surface area (Å²) in [5.74, 6) is -0.257. The molecule has 1 heterocycles. The molecule has 0 bridgehead atoms. The van der Waals surface area contributed by atoms with Gasteiger partial charge in [-0.1, -0.05) is 48.9 Å². The highest BCUT2D eigenvalue weighted by Crippen LogP contribution is 2.28. The first-order valence-electron chi connectivity index (χ1n) is 8.95. The molecule has 0 radical (unpaired) electrons. The Kier molecular flexibility index (Phi) is 8.59. The van der Waals surface area contributed by atoms with Gasteiger partial charge >= 0.3 is 0 Å². The van der Waals surface area contributed by atoms with Crippen LogP contribution in [0.15, 0.2) is 24.3 Å². The number of thiazole rings is 1. The van der Waals surface area contributed by atoms with Gasteiger partial charge in [-0.2, -0.15) is 0 Å². The van der Waals surface area contributed by atoms with Crippen LogP contribution in [-0.4, -0.2) is 38.1 Å². The molecule has 0 atom stereocenters. The van der Waals surface area contributed by atoms with E-state index in [4.69, 9.17) is 16.3 Å². The van der Waals surface area contributed by atoms with Gasteiger partial charge < -0.3 is 15.4 Å². The van der Waals surface area contributed by atoms with Crippen molar-refractivity contribution < 1.29 is 22.7 Å². The minimum Gasteiger partial charge on any atom is -0.491 e. The molecule has 164 valence electrons. The number of hydrogen-bond acceptors (Lipinski definition) is 7. The zero-order valence-electron chi connectivity index (χ0n) is 16.7. The number of anilines is 2. The zero-order valence-corrected chi connectivity index (χ0v) is 19.1. The molecule has 30 heavy (non-hydrogen) atoms. The summed E-state index contributed by atoms with van der Waals surface area (Å²) in [4.78, 5) is 28.5. The van der Waals surface area contributed by atoms with E-state index in [1.165, 1.54) is 0 Å². The lowest BCUT2D eigenvalue weighted by atomic mass is 10.2. The minimum absolute atomic E-state index is 0.0995. The van der Waals surface area contributed by atoms with Crippen LogP contribution in [0.5, 0.6) is 5.75 Å². The van der Waals surface area contributed by atoms with Gasteiger partial charge in [0.1, 0.15) is 16.5 Å². The Labute approximate surface area is 184 Å². The van der Waals surface area contributed by atoms with Crippen LogP contribution in [0.25, 0.3) is 0 Å². The van der Waals surface area contributed by atoms with Crippen molar-refractivity contribution in [3.8, 4) is 5.75 Å². The highest BCUT2D eigenvalue weighted by atomic mass is 35.5. The summed E-state index contributed by atoms with van der Waals surface area (Å²) in [5.41, 5.74) is 0.755. The van der Waals surface area contributed by atoms with Crippen molar-refractivity contribution in [3.63, 3.8) is 0 Å². The van der Waals surface area contributed by atoms with Crippen molar-refractivity contribution in [3.05, 3.63) is 34.3 Å².